The van der Waals surface area contributed by atoms with E-state index >= 15 is 0 Å². The van der Waals surface area contributed by atoms with Crippen molar-refractivity contribution in [2.75, 3.05) is 18.8 Å². The third-order valence-electron chi connectivity index (χ3n) is 1.21. The molecule has 0 saturated carbocycles. The highest BCUT2D eigenvalue weighted by Gasteiger charge is 2.21. The SMILES string of the molecule is NCC(=O)N(CC(=O)O)C(=O)CS. The summed E-state index contributed by atoms with van der Waals surface area (Å²) in [7, 11) is 0. The lowest BCUT2D eigenvalue weighted by Gasteiger charge is -2.16. The number of nitrogens with zero attached hydrogens (tertiary/aromatic N) is 1. The molecule has 0 rings (SSSR count). The van der Waals surface area contributed by atoms with Crippen LogP contribution in [0.4, 0.5) is 0 Å². The second-order valence-corrected chi connectivity index (χ2v) is 2.45. The summed E-state index contributed by atoms with van der Waals surface area (Å²) in [5.41, 5.74) is 4.98. The van der Waals surface area contributed by atoms with Crippen molar-refractivity contribution >= 4 is 30.4 Å². The van der Waals surface area contributed by atoms with Gasteiger partial charge in [0.15, 0.2) is 0 Å². The van der Waals surface area contributed by atoms with Gasteiger partial charge in [-0.05, 0) is 0 Å². The van der Waals surface area contributed by atoms with Gasteiger partial charge in [0.25, 0.3) is 0 Å². The summed E-state index contributed by atoms with van der Waals surface area (Å²) in [5.74, 6) is -2.88. The van der Waals surface area contributed by atoms with Crippen LogP contribution in [-0.4, -0.2) is 46.6 Å². The summed E-state index contributed by atoms with van der Waals surface area (Å²) >= 11 is 3.63. The Morgan fingerprint density at radius 2 is 1.85 bits per heavy atom. The monoisotopic (exact) mass is 206 g/mol. The van der Waals surface area contributed by atoms with Crippen LogP contribution in [0.5, 0.6) is 0 Å². The topological polar surface area (TPSA) is 101 Å². The first-order valence-corrected chi connectivity index (χ1v) is 4.02. The number of amides is 2. The fourth-order valence-corrected chi connectivity index (χ4v) is 0.817. The predicted octanol–water partition coefficient (Wildman–Crippen LogP) is -1.69. The van der Waals surface area contributed by atoms with E-state index in [-0.39, 0.29) is 5.75 Å². The fourth-order valence-electron chi connectivity index (χ4n) is 0.646. The molecule has 3 N–H and O–H groups in total. The van der Waals surface area contributed by atoms with E-state index in [1.54, 1.807) is 0 Å². The first-order chi connectivity index (χ1) is 6.02. The van der Waals surface area contributed by atoms with Crippen LogP contribution in [0.2, 0.25) is 0 Å². The molecule has 13 heavy (non-hydrogen) atoms. The Labute approximate surface area is 80.1 Å². The van der Waals surface area contributed by atoms with E-state index < -0.39 is 30.9 Å². The lowest BCUT2D eigenvalue weighted by atomic mass is 10.4. The molecule has 0 saturated heterocycles. The number of hydrogen-bond donors (Lipinski definition) is 3. The maximum Gasteiger partial charge on any atom is 0.323 e. The number of aliphatic carboxylic acids is 1. The molecule has 0 radical (unpaired) electrons. The van der Waals surface area contributed by atoms with E-state index in [0.717, 1.165) is 0 Å². The van der Waals surface area contributed by atoms with Crippen molar-refractivity contribution in [3.63, 3.8) is 0 Å². The Kier molecular flexibility index (Phi) is 5.09. The highest BCUT2D eigenvalue weighted by atomic mass is 32.1. The summed E-state index contributed by atoms with van der Waals surface area (Å²) in [4.78, 5) is 32.7. The van der Waals surface area contributed by atoms with Crippen LogP contribution in [0.15, 0.2) is 0 Å². The molecular weight excluding hydrogens is 196 g/mol. The summed E-state index contributed by atoms with van der Waals surface area (Å²) in [6.45, 7) is -1.07. The van der Waals surface area contributed by atoms with Gasteiger partial charge in [0, 0.05) is 0 Å². The number of carboxylic acid groups (broad SMARTS) is 1. The molecule has 0 fully saturated rings. The second kappa shape index (κ2) is 5.55. The molecule has 0 aromatic heterocycles. The molecule has 0 aliphatic rings. The number of imide groups is 1. The zero-order valence-corrected chi connectivity index (χ0v) is 7.66. The third kappa shape index (κ3) is 3.90. The first kappa shape index (κ1) is 11.9. The average molecular weight is 206 g/mol. The summed E-state index contributed by atoms with van der Waals surface area (Å²) in [6.07, 6.45) is 0. The fraction of sp³-hybridized carbons (Fsp3) is 0.500. The van der Waals surface area contributed by atoms with Gasteiger partial charge < -0.3 is 10.8 Å². The molecule has 0 atom stereocenters. The van der Waals surface area contributed by atoms with Crippen molar-refractivity contribution < 1.29 is 19.5 Å². The number of nitrogens with two attached hydrogens (primary N) is 1. The molecular formula is C6H10N2O4S. The number of thiol groups is 1. The lowest BCUT2D eigenvalue weighted by Crippen LogP contribution is -2.44. The molecule has 0 spiro atoms. The van der Waals surface area contributed by atoms with Crippen LogP contribution in [0, 0.1) is 0 Å². The Balaban J connectivity index is 4.45. The molecule has 0 bridgehead atoms. The van der Waals surface area contributed by atoms with Crippen molar-refractivity contribution in [3.05, 3.63) is 0 Å². The largest absolute Gasteiger partial charge is 0.480 e. The number of carboxylic acids is 1. The van der Waals surface area contributed by atoms with Crippen LogP contribution < -0.4 is 5.73 Å². The van der Waals surface area contributed by atoms with Crippen LogP contribution >= 0.6 is 12.6 Å². The highest BCUT2D eigenvalue weighted by Crippen LogP contribution is 1.92. The molecule has 6 nitrogen and oxygen atoms in total. The number of carbonyl (C=O) groups is 3. The maximum atomic E-state index is 11.0. The van der Waals surface area contributed by atoms with Gasteiger partial charge in [-0.1, -0.05) is 0 Å². The van der Waals surface area contributed by atoms with Crippen LogP contribution in [0.3, 0.4) is 0 Å². The molecule has 0 aromatic carbocycles. The third-order valence-corrected chi connectivity index (χ3v) is 1.48. The lowest BCUT2D eigenvalue weighted by molar-refractivity contribution is -0.150. The number of carbonyl (C=O) groups excluding carboxylic acids is 2. The van der Waals surface area contributed by atoms with E-state index in [1.807, 2.05) is 0 Å². The summed E-state index contributed by atoms with van der Waals surface area (Å²) in [6, 6.07) is 0. The zero-order valence-electron chi connectivity index (χ0n) is 6.77. The average Bonchev–Trinajstić information content (AvgIpc) is 2.11. The van der Waals surface area contributed by atoms with Crippen molar-refractivity contribution in [3.8, 4) is 0 Å². The van der Waals surface area contributed by atoms with Crippen molar-refractivity contribution in [1.82, 2.24) is 4.90 Å². The minimum absolute atomic E-state index is 0.223. The van der Waals surface area contributed by atoms with Gasteiger partial charge in [-0.2, -0.15) is 12.6 Å². The Morgan fingerprint density at radius 1 is 1.31 bits per heavy atom. The highest BCUT2D eigenvalue weighted by molar-refractivity contribution is 7.81. The minimum Gasteiger partial charge on any atom is -0.480 e. The molecule has 0 aliphatic carbocycles. The van der Waals surface area contributed by atoms with E-state index in [2.05, 4.69) is 12.6 Å². The number of rotatable bonds is 4. The summed E-state index contributed by atoms with van der Waals surface area (Å²) < 4.78 is 0. The van der Waals surface area contributed by atoms with E-state index in [0.29, 0.717) is 4.90 Å². The molecule has 0 aromatic rings. The van der Waals surface area contributed by atoms with Crippen molar-refractivity contribution in [1.29, 1.82) is 0 Å². The van der Waals surface area contributed by atoms with E-state index in [1.165, 1.54) is 0 Å². The van der Waals surface area contributed by atoms with Gasteiger partial charge >= 0.3 is 5.97 Å². The van der Waals surface area contributed by atoms with Crippen LogP contribution in [-0.2, 0) is 14.4 Å². The quantitative estimate of drug-likeness (QED) is 0.477. The Bertz CT molecular complexity index is 215. The zero-order chi connectivity index (χ0) is 10.4. The van der Waals surface area contributed by atoms with Crippen LogP contribution in [0.1, 0.15) is 0 Å². The van der Waals surface area contributed by atoms with Gasteiger partial charge in [0.1, 0.15) is 6.54 Å². The van der Waals surface area contributed by atoms with Crippen LogP contribution in [0.25, 0.3) is 0 Å². The van der Waals surface area contributed by atoms with Gasteiger partial charge in [0.2, 0.25) is 11.8 Å². The molecule has 0 heterocycles. The normalized spacial score (nSPS) is 9.38. The van der Waals surface area contributed by atoms with Gasteiger partial charge in [-0.3, -0.25) is 19.3 Å². The first-order valence-electron chi connectivity index (χ1n) is 3.38. The molecule has 2 amide bonds. The standard InChI is InChI=1S/C6H10N2O4S/c7-1-4(9)8(2-6(11)12)5(10)3-13/h13H,1-3,7H2,(H,11,12). The van der Waals surface area contributed by atoms with Gasteiger partial charge in [-0.25, -0.2) is 0 Å². The van der Waals surface area contributed by atoms with Gasteiger partial charge in [0.05, 0.1) is 12.3 Å². The smallest absolute Gasteiger partial charge is 0.323 e. The minimum atomic E-state index is -1.27. The Morgan fingerprint density at radius 3 is 2.15 bits per heavy atom. The second-order valence-electron chi connectivity index (χ2n) is 2.13. The number of hydrogen-bond acceptors (Lipinski definition) is 5. The van der Waals surface area contributed by atoms with Crippen molar-refractivity contribution in [2.45, 2.75) is 0 Å². The molecule has 0 aliphatic heterocycles. The van der Waals surface area contributed by atoms with E-state index in [9.17, 15) is 14.4 Å². The summed E-state index contributed by atoms with van der Waals surface area (Å²) in [5, 5.41) is 8.36. The molecule has 74 valence electrons. The Hall–Kier alpha value is -1.08. The van der Waals surface area contributed by atoms with E-state index in [4.69, 9.17) is 10.8 Å². The van der Waals surface area contributed by atoms with Gasteiger partial charge in [-0.15, -0.1) is 0 Å². The predicted molar refractivity (Wildman–Crippen MR) is 47.3 cm³/mol. The molecule has 0 unspecified atom stereocenters. The maximum absolute atomic E-state index is 11.0. The molecule has 7 heteroatoms. The van der Waals surface area contributed by atoms with Crippen molar-refractivity contribution in [2.24, 2.45) is 5.73 Å².